The van der Waals surface area contributed by atoms with Crippen LogP contribution >= 0.6 is 11.3 Å². The summed E-state index contributed by atoms with van der Waals surface area (Å²) in [5.41, 5.74) is 3.91. The SMILES string of the molecule is Cc1cc2nc(C3CC3C)cc(C)c2s1. The van der Waals surface area contributed by atoms with Crippen LogP contribution in [0.4, 0.5) is 0 Å². The van der Waals surface area contributed by atoms with Crippen molar-refractivity contribution < 1.29 is 0 Å². The van der Waals surface area contributed by atoms with Crippen LogP contribution in [0.5, 0.6) is 0 Å². The highest BCUT2D eigenvalue weighted by atomic mass is 32.1. The molecule has 0 radical (unpaired) electrons. The largest absolute Gasteiger partial charge is 0.252 e. The van der Waals surface area contributed by atoms with Crippen molar-refractivity contribution in [3.05, 3.63) is 28.3 Å². The molecular formula is C13H15NS. The predicted molar refractivity (Wildman–Crippen MR) is 65.6 cm³/mol. The minimum atomic E-state index is 0.730. The normalized spacial score (nSPS) is 24.7. The first-order valence-electron chi connectivity index (χ1n) is 5.53. The van der Waals surface area contributed by atoms with E-state index in [1.54, 1.807) is 0 Å². The molecule has 0 amide bonds. The van der Waals surface area contributed by atoms with Gasteiger partial charge >= 0.3 is 0 Å². The molecule has 1 saturated carbocycles. The molecule has 3 rings (SSSR count). The van der Waals surface area contributed by atoms with Crippen LogP contribution in [0, 0.1) is 19.8 Å². The summed E-state index contributed by atoms with van der Waals surface area (Å²) in [7, 11) is 0. The number of thiophene rings is 1. The van der Waals surface area contributed by atoms with Gasteiger partial charge in [0.1, 0.15) is 0 Å². The quantitative estimate of drug-likeness (QED) is 0.702. The zero-order chi connectivity index (χ0) is 10.6. The van der Waals surface area contributed by atoms with Crippen LogP contribution in [0.2, 0.25) is 0 Å². The topological polar surface area (TPSA) is 12.9 Å². The van der Waals surface area contributed by atoms with E-state index in [4.69, 9.17) is 4.98 Å². The Morgan fingerprint density at radius 2 is 2.07 bits per heavy atom. The molecule has 0 aromatic carbocycles. The predicted octanol–water partition coefficient (Wildman–Crippen LogP) is 4.04. The number of aryl methyl sites for hydroxylation is 2. The summed E-state index contributed by atoms with van der Waals surface area (Å²) in [5, 5.41) is 0. The van der Waals surface area contributed by atoms with Crippen molar-refractivity contribution in [2.45, 2.75) is 33.1 Å². The molecule has 0 bridgehead atoms. The average molecular weight is 217 g/mol. The summed E-state index contributed by atoms with van der Waals surface area (Å²) in [4.78, 5) is 6.14. The first kappa shape index (κ1) is 9.34. The first-order valence-corrected chi connectivity index (χ1v) is 6.34. The van der Waals surface area contributed by atoms with E-state index in [0.717, 1.165) is 11.8 Å². The van der Waals surface area contributed by atoms with Gasteiger partial charge in [-0.2, -0.15) is 0 Å². The van der Waals surface area contributed by atoms with Crippen molar-refractivity contribution in [1.82, 2.24) is 4.98 Å². The van der Waals surface area contributed by atoms with Gasteiger partial charge in [-0.15, -0.1) is 11.3 Å². The van der Waals surface area contributed by atoms with Gasteiger partial charge in [0.15, 0.2) is 0 Å². The van der Waals surface area contributed by atoms with Crippen LogP contribution < -0.4 is 0 Å². The van der Waals surface area contributed by atoms with E-state index in [1.165, 1.54) is 32.8 Å². The fourth-order valence-corrected chi connectivity index (χ4v) is 3.17. The van der Waals surface area contributed by atoms with E-state index in [9.17, 15) is 0 Å². The van der Waals surface area contributed by atoms with Crippen LogP contribution in [-0.2, 0) is 0 Å². The molecule has 2 heteroatoms. The van der Waals surface area contributed by atoms with Gasteiger partial charge in [0.2, 0.25) is 0 Å². The number of rotatable bonds is 1. The van der Waals surface area contributed by atoms with E-state index < -0.39 is 0 Å². The van der Waals surface area contributed by atoms with Gasteiger partial charge in [0, 0.05) is 16.5 Å². The van der Waals surface area contributed by atoms with Crippen molar-refractivity contribution in [2.24, 2.45) is 5.92 Å². The molecule has 2 aromatic heterocycles. The molecule has 2 heterocycles. The fourth-order valence-electron chi connectivity index (χ4n) is 2.25. The Morgan fingerprint density at radius 1 is 1.33 bits per heavy atom. The van der Waals surface area contributed by atoms with Gasteiger partial charge in [0.25, 0.3) is 0 Å². The van der Waals surface area contributed by atoms with Gasteiger partial charge in [0.05, 0.1) is 10.2 Å². The molecule has 15 heavy (non-hydrogen) atoms. The molecule has 2 atom stereocenters. The number of fused-ring (bicyclic) bond motifs is 1. The van der Waals surface area contributed by atoms with Crippen LogP contribution in [-0.4, -0.2) is 4.98 Å². The fraction of sp³-hybridized carbons (Fsp3) is 0.462. The Balaban J connectivity index is 2.18. The standard InChI is InChI=1S/C13H15NS/c1-7-4-10(7)11-5-8(2)13-12(14-11)6-9(3)15-13/h5-7,10H,4H2,1-3H3. The lowest BCUT2D eigenvalue weighted by molar-refractivity contribution is 0.890. The summed E-state index contributed by atoms with van der Waals surface area (Å²) in [6.45, 7) is 6.67. The molecule has 1 aliphatic carbocycles. The Morgan fingerprint density at radius 3 is 2.73 bits per heavy atom. The number of hydrogen-bond donors (Lipinski definition) is 0. The summed E-state index contributed by atoms with van der Waals surface area (Å²) < 4.78 is 1.37. The summed E-state index contributed by atoms with van der Waals surface area (Å²) in [6, 6.07) is 4.50. The zero-order valence-electron chi connectivity index (χ0n) is 9.37. The smallest absolute Gasteiger partial charge is 0.0818 e. The van der Waals surface area contributed by atoms with Crippen molar-refractivity contribution in [3.8, 4) is 0 Å². The van der Waals surface area contributed by atoms with Crippen molar-refractivity contribution in [1.29, 1.82) is 0 Å². The monoisotopic (exact) mass is 217 g/mol. The molecule has 2 aromatic rings. The lowest BCUT2D eigenvalue weighted by Gasteiger charge is -2.01. The van der Waals surface area contributed by atoms with Gasteiger partial charge in [-0.1, -0.05) is 6.92 Å². The molecule has 1 nitrogen and oxygen atoms in total. The number of hydrogen-bond acceptors (Lipinski definition) is 2. The minimum Gasteiger partial charge on any atom is -0.252 e. The lowest BCUT2D eigenvalue weighted by Crippen LogP contribution is -1.89. The van der Waals surface area contributed by atoms with E-state index in [2.05, 4.69) is 32.9 Å². The molecule has 0 N–H and O–H groups in total. The number of nitrogens with zero attached hydrogens (tertiary/aromatic N) is 1. The molecule has 0 saturated heterocycles. The summed E-state index contributed by atoms with van der Waals surface area (Å²) in [6.07, 6.45) is 1.32. The van der Waals surface area contributed by atoms with Crippen LogP contribution in [0.15, 0.2) is 12.1 Å². The second-order valence-corrected chi connectivity index (χ2v) is 6.01. The molecule has 0 spiro atoms. The Hall–Kier alpha value is -0.890. The second-order valence-electron chi connectivity index (χ2n) is 4.75. The highest BCUT2D eigenvalue weighted by Crippen LogP contribution is 2.47. The van der Waals surface area contributed by atoms with E-state index in [0.29, 0.717) is 0 Å². The summed E-state index contributed by atoms with van der Waals surface area (Å²) in [5.74, 6) is 1.57. The van der Waals surface area contributed by atoms with Crippen molar-refractivity contribution >= 4 is 21.6 Å². The molecule has 78 valence electrons. The first-order chi connectivity index (χ1) is 7.15. The highest BCUT2D eigenvalue weighted by molar-refractivity contribution is 7.19. The molecule has 0 aliphatic heterocycles. The maximum absolute atomic E-state index is 4.78. The minimum absolute atomic E-state index is 0.730. The van der Waals surface area contributed by atoms with Crippen LogP contribution in [0.3, 0.4) is 0 Å². The average Bonchev–Trinajstić information content (AvgIpc) is 2.76. The Bertz CT molecular complexity index is 527. The molecular weight excluding hydrogens is 202 g/mol. The Kier molecular flexibility index (Phi) is 1.90. The van der Waals surface area contributed by atoms with Gasteiger partial charge < -0.3 is 0 Å². The zero-order valence-corrected chi connectivity index (χ0v) is 10.2. The number of aromatic nitrogens is 1. The molecule has 2 unspecified atom stereocenters. The van der Waals surface area contributed by atoms with Crippen molar-refractivity contribution in [3.63, 3.8) is 0 Å². The van der Waals surface area contributed by atoms with Crippen molar-refractivity contribution in [2.75, 3.05) is 0 Å². The third kappa shape index (κ3) is 1.48. The highest BCUT2D eigenvalue weighted by Gasteiger charge is 2.35. The van der Waals surface area contributed by atoms with Crippen LogP contribution in [0.1, 0.15) is 35.4 Å². The third-order valence-electron chi connectivity index (χ3n) is 3.30. The second kappa shape index (κ2) is 3.05. The van der Waals surface area contributed by atoms with Crippen LogP contribution in [0.25, 0.3) is 10.2 Å². The van der Waals surface area contributed by atoms with Gasteiger partial charge in [-0.05, 0) is 43.9 Å². The summed E-state index contributed by atoms with van der Waals surface area (Å²) >= 11 is 1.86. The molecule has 1 fully saturated rings. The molecule has 1 aliphatic rings. The van der Waals surface area contributed by atoms with E-state index in [-0.39, 0.29) is 0 Å². The van der Waals surface area contributed by atoms with Gasteiger partial charge in [-0.25, -0.2) is 0 Å². The van der Waals surface area contributed by atoms with E-state index in [1.807, 2.05) is 11.3 Å². The lowest BCUT2D eigenvalue weighted by atomic mass is 10.1. The Labute approximate surface area is 94.2 Å². The van der Waals surface area contributed by atoms with Gasteiger partial charge in [-0.3, -0.25) is 4.98 Å². The van der Waals surface area contributed by atoms with E-state index >= 15 is 0 Å². The third-order valence-corrected chi connectivity index (χ3v) is 4.47. The maximum atomic E-state index is 4.78. The number of pyridine rings is 1. The maximum Gasteiger partial charge on any atom is 0.0818 e.